The molecule has 3 amide bonds. The first-order chi connectivity index (χ1) is 13.8. The van der Waals surface area contributed by atoms with Gasteiger partial charge in [-0.05, 0) is 43.3 Å². The average molecular weight is 435 g/mol. The highest BCUT2D eigenvalue weighted by molar-refractivity contribution is 6.44. The summed E-state index contributed by atoms with van der Waals surface area (Å²) >= 11 is 11.9. The number of esters is 1. The van der Waals surface area contributed by atoms with Crippen LogP contribution < -0.4 is 10.2 Å². The summed E-state index contributed by atoms with van der Waals surface area (Å²) in [7, 11) is 0. The van der Waals surface area contributed by atoms with Crippen molar-refractivity contribution in [1.82, 2.24) is 0 Å². The molecule has 0 bridgehead atoms. The summed E-state index contributed by atoms with van der Waals surface area (Å²) in [6.07, 6.45) is -0.753. The summed E-state index contributed by atoms with van der Waals surface area (Å²) in [4.78, 5) is 49.2. The van der Waals surface area contributed by atoms with Crippen molar-refractivity contribution in [3.8, 4) is 0 Å². The lowest BCUT2D eigenvalue weighted by Crippen LogP contribution is -2.30. The lowest BCUT2D eigenvalue weighted by atomic mass is 10.2. The van der Waals surface area contributed by atoms with E-state index in [2.05, 4.69) is 5.32 Å². The molecule has 0 aromatic heterocycles. The van der Waals surface area contributed by atoms with Crippen LogP contribution in [-0.2, 0) is 19.1 Å². The second kappa shape index (κ2) is 8.63. The average Bonchev–Trinajstić information content (AvgIpc) is 3.03. The molecule has 9 heteroatoms. The third-order valence-corrected chi connectivity index (χ3v) is 5.09. The van der Waals surface area contributed by atoms with Crippen LogP contribution in [0.1, 0.15) is 30.1 Å². The molecule has 2 aromatic rings. The number of amides is 3. The molecule has 29 heavy (non-hydrogen) atoms. The molecule has 1 aliphatic heterocycles. The van der Waals surface area contributed by atoms with Gasteiger partial charge >= 0.3 is 5.97 Å². The highest BCUT2D eigenvalue weighted by Gasteiger charge is 2.30. The summed E-state index contributed by atoms with van der Waals surface area (Å²) in [6.45, 7) is 1.42. The normalized spacial score (nSPS) is 14.7. The largest absolute Gasteiger partial charge is 0.449 e. The van der Waals surface area contributed by atoms with Crippen LogP contribution in [0.2, 0.25) is 10.0 Å². The van der Waals surface area contributed by atoms with Crippen molar-refractivity contribution < 1.29 is 23.9 Å². The predicted octanol–water partition coefficient (Wildman–Crippen LogP) is 3.83. The molecule has 1 aliphatic rings. The van der Waals surface area contributed by atoms with Gasteiger partial charge in [-0.1, -0.05) is 29.3 Å². The van der Waals surface area contributed by atoms with Gasteiger partial charge in [0, 0.05) is 12.8 Å². The standard InChI is InChI=1S/C20H16Cl2N2O5/c1-11(19(27)23-15-4-2-3-14(21)18(15)22)29-20(28)12-5-7-13(8-6-12)24-16(25)9-10-17(24)26/h2-8,11H,9-10H2,1H3,(H,23,27). The van der Waals surface area contributed by atoms with E-state index < -0.39 is 18.0 Å². The molecular weight excluding hydrogens is 419 g/mol. The van der Waals surface area contributed by atoms with E-state index in [9.17, 15) is 19.2 Å². The van der Waals surface area contributed by atoms with Gasteiger partial charge in [-0.3, -0.25) is 19.3 Å². The topological polar surface area (TPSA) is 92.8 Å². The Hall–Kier alpha value is -2.90. The number of nitrogens with one attached hydrogen (secondary N) is 1. The number of nitrogens with zero attached hydrogens (tertiary/aromatic N) is 1. The Bertz CT molecular complexity index is 975. The van der Waals surface area contributed by atoms with Crippen LogP contribution in [0.25, 0.3) is 0 Å². The quantitative estimate of drug-likeness (QED) is 0.569. The van der Waals surface area contributed by atoms with Gasteiger partial charge in [0.2, 0.25) is 11.8 Å². The minimum atomic E-state index is -1.10. The Kier molecular flexibility index (Phi) is 6.20. The van der Waals surface area contributed by atoms with Gasteiger partial charge in [0.25, 0.3) is 5.91 Å². The molecule has 0 spiro atoms. The van der Waals surface area contributed by atoms with Crippen molar-refractivity contribution in [1.29, 1.82) is 0 Å². The molecule has 0 radical (unpaired) electrons. The van der Waals surface area contributed by atoms with Gasteiger partial charge in [-0.15, -0.1) is 0 Å². The minimum absolute atomic E-state index is 0.173. The van der Waals surface area contributed by atoms with Crippen molar-refractivity contribution in [3.63, 3.8) is 0 Å². The van der Waals surface area contributed by atoms with Crippen molar-refractivity contribution in [3.05, 3.63) is 58.1 Å². The zero-order chi connectivity index (χ0) is 21.1. The highest BCUT2D eigenvalue weighted by Crippen LogP contribution is 2.29. The van der Waals surface area contributed by atoms with Gasteiger partial charge in [0.05, 0.1) is 27.0 Å². The van der Waals surface area contributed by atoms with Crippen LogP contribution in [0.4, 0.5) is 11.4 Å². The molecule has 1 saturated heterocycles. The number of benzene rings is 2. The first-order valence-corrected chi connectivity index (χ1v) is 9.45. The van der Waals surface area contributed by atoms with Crippen LogP contribution in [0.3, 0.4) is 0 Å². The van der Waals surface area contributed by atoms with E-state index in [4.69, 9.17) is 27.9 Å². The predicted molar refractivity (Wildman–Crippen MR) is 108 cm³/mol. The monoisotopic (exact) mass is 434 g/mol. The maximum atomic E-state index is 12.3. The zero-order valence-electron chi connectivity index (χ0n) is 15.3. The van der Waals surface area contributed by atoms with Crippen LogP contribution in [0.15, 0.2) is 42.5 Å². The van der Waals surface area contributed by atoms with Gasteiger partial charge < -0.3 is 10.1 Å². The fourth-order valence-corrected chi connectivity index (χ4v) is 3.08. The zero-order valence-corrected chi connectivity index (χ0v) is 16.8. The molecule has 1 atom stereocenters. The van der Waals surface area contributed by atoms with Crippen molar-refractivity contribution in [2.75, 3.05) is 10.2 Å². The summed E-state index contributed by atoms with van der Waals surface area (Å²) in [5.41, 5.74) is 0.861. The SMILES string of the molecule is CC(OC(=O)c1ccc(N2C(=O)CCC2=O)cc1)C(=O)Nc1cccc(Cl)c1Cl. The second-order valence-corrected chi connectivity index (χ2v) is 7.09. The van der Waals surface area contributed by atoms with E-state index in [0.29, 0.717) is 11.4 Å². The third-order valence-electron chi connectivity index (χ3n) is 4.28. The Morgan fingerprint density at radius 2 is 1.66 bits per heavy atom. The molecule has 3 rings (SSSR count). The number of imide groups is 1. The van der Waals surface area contributed by atoms with E-state index in [1.807, 2.05) is 0 Å². The Labute approximate surface area is 176 Å². The first-order valence-electron chi connectivity index (χ1n) is 8.69. The van der Waals surface area contributed by atoms with Gasteiger partial charge in [-0.25, -0.2) is 4.79 Å². The van der Waals surface area contributed by atoms with Crippen molar-refractivity contribution in [2.45, 2.75) is 25.9 Å². The second-order valence-electron chi connectivity index (χ2n) is 6.31. The smallest absolute Gasteiger partial charge is 0.338 e. The Morgan fingerprint density at radius 3 is 2.28 bits per heavy atom. The summed E-state index contributed by atoms with van der Waals surface area (Å²) in [5.74, 6) is -1.87. The number of carbonyl (C=O) groups excluding carboxylic acids is 4. The van der Waals surface area contributed by atoms with Crippen LogP contribution in [0.5, 0.6) is 0 Å². The number of halogens is 2. The molecule has 1 heterocycles. The Morgan fingerprint density at radius 1 is 1.03 bits per heavy atom. The maximum Gasteiger partial charge on any atom is 0.338 e. The third kappa shape index (κ3) is 4.58. The molecule has 2 aromatic carbocycles. The van der Waals surface area contributed by atoms with E-state index in [1.165, 1.54) is 31.2 Å². The number of rotatable bonds is 5. The van der Waals surface area contributed by atoms with Crippen LogP contribution in [-0.4, -0.2) is 29.8 Å². The Balaban J connectivity index is 1.63. The first kappa shape index (κ1) is 20.8. The molecule has 7 nitrogen and oxygen atoms in total. The highest BCUT2D eigenvalue weighted by atomic mass is 35.5. The van der Waals surface area contributed by atoms with Crippen molar-refractivity contribution in [2.24, 2.45) is 0 Å². The number of hydrogen-bond donors (Lipinski definition) is 1. The van der Waals surface area contributed by atoms with E-state index >= 15 is 0 Å². The lowest BCUT2D eigenvalue weighted by Gasteiger charge is -2.16. The van der Waals surface area contributed by atoms with Crippen LogP contribution in [0, 0.1) is 0 Å². The number of anilines is 2. The van der Waals surface area contributed by atoms with Gasteiger partial charge in [0.1, 0.15) is 0 Å². The number of carbonyl (C=O) groups is 4. The molecule has 0 aliphatic carbocycles. The van der Waals surface area contributed by atoms with Gasteiger partial charge in [-0.2, -0.15) is 0 Å². The van der Waals surface area contributed by atoms with Gasteiger partial charge in [0.15, 0.2) is 6.10 Å². The molecule has 1 fully saturated rings. The molecule has 150 valence electrons. The van der Waals surface area contributed by atoms with Crippen LogP contribution >= 0.6 is 23.2 Å². The summed E-state index contributed by atoms with van der Waals surface area (Å²) < 4.78 is 5.17. The minimum Gasteiger partial charge on any atom is -0.449 e. The fraction of sp³-hybridized carbons (Fsp3) is 0.200. The van der Waals surface area contributed by atoms with Crippen molar-refractivity contribution >= 4 is 58.3 Å². The maximum absolute atomic E-state index is 12.3. The van der Waals surface area contributed by atoms with E-state index in [0.717, 1.165) is 4.90 Å². The molecule has 1 unspecified atom stereocenters. The fourth-order valence-electron chi connectivity index (χ4n) is 2.73. The molecule has 0 saturated carbocycles. The number of ether oxygens (including phenoxy) is 1. The molecular formula is C20H16Cl2N2O5. The number of hydrogen-bond acceptors (Lipinski definition) is 5. The molecule has 1 N–H and O–H groups in total. The summed E-state index contributed by atoms with van der Waals surface area (Å²) in [5, 5.41) is 3.01. The van der Waals surface area contributed by atoms with E-state index in [1.54, 1.807) is 18.2 Å². The van der Waals surface area contributed by atoms with E-state index in [-0.39, 0.29) is 40.3 Å². The lowest BCUT2D eigenvalue weighted by molar-refractivity contribution is -0.124. The summed E-state index contributed by atoms with van der Waals surface area (Å²) in [6, 6.07) is 10.6.